The number of hydrogen-bond donors (Lipinski definition) is 0. The number of hydrogen-bond acceptors (Lipinski definition) is 7. The normalized spacial score (nSPS) is 11.0. The Hall–Kier alpha value is -1.25. The molecule has 10 heteroatoms. The van der Waals surface area contributed by atoms with E-state index in [1.165, 1.54) is 0 Å². The first-order valence-corrected chi connectivity index (χ1v) is 10.1. The van der Waals surface area contributed by atoms with Gasteiger partial charge < -0.3 is 14.0 Å². The molecule has 0 N–H and O–H groups in total. The second-order valence-electron chi connectivity index (χ2n) is 4.60. The van der Waals surface area contributed by atoms with E-state index in [0.29, 0.717) is 9.13 Å². The van der Waals surface area contributed by atoms with E-state index in [0.717, 1.165) is 27.8 Å². The van der Waals surface area contributed by atoms with Gasteiger partial charge in [0.05, 0.1) is 10.5 Å². The molecule has 0 saturated heterocycles. The molecule has 0 aliphatic rings. The van der Waals surface area contributed by atoms with E-state index in [1.54, 1.807) is 12.1 Å². The highest BCUT2D eigenvalue weighted by Gasteiger charge is 2.15. The molecule has 0 aromatic heterocycles. The lowest BCUT2D eigenvalue weighted by Gasteiger charge is -2.09. The monoisotopic (exact) mass is 587 g/mol. The Balaban J connectivity index is 1.94. The van der Waals surface area contributed by atoms with Gasteiger partial charge in [0.2, 0.25) is 0 Å². The second-order valence-corrected chi connectivity index (χ2v) is 8.39. The number of rotatable bonds is 5. The molecule has 132 valence electrons. The Kier molecular flexibility index (Phi) is 6.76. The van der Waals surface area contributed by atoms with Crippen molar-refractivity contribution in [2.24, 2.45) is 0 Å². The third-order valence-corrected chi connectivity index (χ3v) is 5.27. The van der Waals surface area contributed by atoms with Gasteiger partial charge in [0, 0.05) is 7.14 Å². The van der Waals surface area contributed by atoms with E-state index in [-0.39, 0.29) is 5.75 Å². The molecule has 7 nitrogen and oxygen atoms in total. The van der Waals surface area contributed by atoms with E-state index in [2.05, 4.69) is 22.6 Å². The summed E-state index contributed by atoms with van der Waals surface area (Å²) < 4.78 is 43.8. The first kappa shape index (κ1) is 20.1. The highest BCUT2D eigenvalue weighted by atomic mass is 127. The molecular weight excluding hydrogens is 578 g/mol. The Bertz CT molecular complexity index is 908. The highest BCUT2D eigenvalue weighted by Crippen LogP contribution is 2.18. The van der Waals surface area contributed by atoms with Gasteiger partial charge in [-0.3, -0.25) is 0 Å². The van der Waals surface area contributed by atoms with Crippen molar-refractivity contribution in [2.75, 3.05) is 6.61 Å². The fraction of sp³-hybridized carbons (Fsp3) is 0.0667. The maximum atomic E-state index is 12.0. The molecule has 0 fully saturated rings. The van der Waals surface area contributed by atoms with Crippen molar-refractivity contribution in [3.05, 3.63) is 55.2 Å². The Morgan fingerprint density at radius 3 is 2.28 bits per heavy atom. The van der Waals surface area contributed by atoms with Crippen LogP contribution in [0, 0.1) is 7.14 Å². The molecule has 0 spiro atoms. The molecule has 0 unspecified atom stereocenters. The summed E-state index contributed by atoms with van der Waals surface area (Å²) in [5, 5.41) is 0. The van der Waals surface area contributed by atoms with E-state index in [4.69, 9.17) is 9.47 Å². The molecule has 0 radical (unpaired) electrons. The number of benzene rings is 2. The smallest absolute Gasteiger partial charge is 0.349 e. The van der Waals surface area contributed by atoms with Gasteiger partial charge in [0.1, 0.15) is 15.9 Å². The minimum atomic E-state index is -4.57. The minimum absolute atomic E-state index is 0.0253. The maximum absolute atomic E-state index is 12.0. The van der Waals surface area contributed by atoms with E-state index >= 15 is 0 Å². The van der Waals surface area contributed by atoms with Gasteiger partial charge in [-0.1, -0.05) is 0 Å². The SMILES string of the molecule is O=C(COC(=O)c1cc(I)ccc1I)Oc1ccc(S(=O)(=O)[O-])cc1. The van der Waals surface area contributed by atoms with Crippen molar-refractivity contribution < 1.29 is 32.0 Å². The van der Waals surface area contributed by atoms with Crippen LogP contribution in [0.15, 0.2) is 47.4 Å². The van der Waals surface area contributed by atoms with Gasteiger partial charge in [0.25, 0.3) is 0 Å². The number of halogens is 2. The van der Waals surface area contributed by atoms with Crippen LogP contribution in [0.1, 0.15) is 10.4 Å². The zero-order chi connectivity index (χ0) is 18.6. The Morgan fingerprint density at radius 2 is 1.68 bits per heavy atom. The van der Waals surface area contributed by atoms with E-state index in [9.17, 15) is 22.6 Å². The van der Waals surface area contributed by atoms with E-state index < -0.39 is 33.6 Å². The first-order chi connectivity index (χ1) is 11.7. The quantitative estimate of drug-likeness (QED) is 0.229. The predicted molar refractivity (Wildman–Crippen MR) is 102 cm³/mol. The molecule has 2 aromatic rings. The van der Waals surface area contributed by atoms with Crippen LogP contribution < -0.4 is 4.74 Å². The molecule has 0 bridgehead atoms. The average molecular weight is 587 g/mol. The molecule has 0 aliphatic carbocycles. The fourth-order valence-corrected chi connectivity index (χ4v) is 3.21. The molecule has 0 saturated carbocycles. The molecule has 0 atom stereocenters. The van der Waals surface area contributed by atoms with Gasteiger partial charge in [-0.05, 0) is 87.6 Å². The molecule has 25 heavy (non-hydrogen) atoms. The summed E-state index contributed by atoms with van der Waals surface area (Å²) in [6.45, 7) is -0.609. The second kappa shape index (κ2) is 8.42. The van der Waals surface area contributed by atoms with Crippen molar-refractivity contribution in [2.45, 2.75) is 4.90 Å². The van der Waals surface area contributed by atoms with Gasteiger partial charge in [0.15, 0.2) is 6.61 Å². The van der Waals surface area contributed by atoms with Crippen LogP contribution in [0.5, 0.6) is 5.75 Å². The number of carbonyl (C=O) groups excluding carboxylic acids is 2. The number of ether oxygens (including phenoxy) is 2. The van der Waals surface area contributed by atoms with Gasteiger partial charge in [-0.25, -0.2) is 18.0 Å². The average Bonchev–Trinajstić information content (AvgIpc) is 2.54. The van der Waals surface area contributed by atoms with Crippen LogP contribution in [0.2, 0.25) is 0 Å². The van der Waals surface area contributed by atoms with Crippen LogP contribution in [0.4, 0.5) is 0 Å². The third-order valence-electron chi connectivity index (χ3n) is 2.81. The number of esters is 2. The van der Waals surface area contributed by atoms with Crippen molar-refractivity contribution in [3.63, 3.8) is 0 Å². The van der Waals surface area contributed by atoms with Gasteiger partial charge in [-0.15, -0.1) is 0 Å². The summed E-state index contributed by atoms with van der Waals surface area (Å²) in [6.07, 6.45) is 0. The minimum Gasteiger partial charge on any atom is -0.744 e. The van der Waals surface area contributed by atoms with Gasteiger partial charge >= 0.3 is 11.9 Å². The first-order valence-electron chi connectivity index (χ1n) is 6.55. The molecule has 0 aliphatic heterocycles. The molecule has 0 heterocycles. The largest absolute Gasteiger partial charge is 0.744 e. The third kappa shape index (κ3) is 5.90. The summed E-state index contributed by atoms with van der Waals surface area (Å²) >= 11 is 4.03. The Morgan fingerprint density at radius 1 is 1.04 bits per heavy atom. The van der Waals surface area contributed by atoms with Crippen molar-refractivity contribution in [3.8, 4) is 5.75 Å². The maximum Gasteiger partial charge on any atom is 0.349 e. The lowest BCUT2D eigenvalue weighted by molar-refractivity contribution is -0.137. The molecule has 2 aromatic carbocycles. The van der Waals surface area contributed by atoms with Crippen molar-refractivity contribution in [1.82, 2.24) is 0 Å². The fourth-order valence-electron chi connectivity index (χ4n) is 1.69. The Labute approximate surface area is 170 Å². The van der Waals surface area contributed by atoms with Crippen LogP contribution in [0.25, 0.3) is 0 Å². The van der Waals surface area contributed by atoms with Crippen molar-refractivity contribution >= 4 is 67.2 Å². The summed E-state index contributed by atoms with van der Waals surface area (Å²) in [7, 11) is -4.57. The summed E-state index contributed by atoms with van der Waals surface area (Å²) in [5.41, 5.74) is 0.338. The van der Waals surface area contributed by atoms with Gasteiger partial charge in [-0.2, -0.15) is 0 Å². The van der Waals surface area contributed by atoms with Crippen LogP contribution in [0.3, 0.4) is 0 Å². The van der Waals surface area contributed by atoms with E-state index in [1.807, 2.05) is 28.7 Å². The summed E-state index contributed by atoms with van der Waals surface area (Å²) in [6, 6.07) is 9.58. The lowest BCUT2D eigenvalue weighted by Crippen LogP contribution is -2.19. The summed E-state index contributed by atoms with van der Waals surface area (Å²) in [5.74, 6) is -1.48. The van der Waals surface area contributed by atoms with Crippen LogP contribution in [-0.2, 0) is 19.6 Å². The molecular formula is C15H9I2O7S-. The predicted octanol–water partition coefficient (Wildman–Crippen LogP) is 2.56. The highest BCUT2D eigenvalue weighted by molar-refractivity contribution is 14.1. The molecule has 0 amide bonds. The van der Waals surface area contributed by atoms with Crippen LogP contribution in [-0.4, -0.2) is 31.5 Å². The van der Waals surface area contributed by atoms with Crippen molar-refractivity contribution in [1.29, 1.82) is 0 Å². The number of carbonyl (C=O) groups is 2. The van der Waals surface area contributed by atoms with Crippen LogP contribution >= 0.6 is 45.2 Å². The molecule has 2 rings (SSSR count). The zero-order valence-electron chi connectivity index (χ0n) is 12.3. The topological polar surface area (TPSA) is 110 Å². The lowest BCUT2D eigenvalue weighted by atomic mass is 10.2. The zero-order valence-corrected chi connectivity index (χ0v) is 17.4. The summed E-state index contributed by atoms with van der Waals surface area (Å²) in [4.78, 5) is 23.3. The standard InChI is InChI=1S/C15H10I2O7S/c16-9-1-6-13(17)12(7-9)15(19)23-8-14(18)24-10-2-4-11(5-3-10)25(20,21)22/h1-7H,8H2,(H,20,21,22)/p-1.